The Morgan fingerprint density at radius 2 is 1.37 bits per heavy atom. The Balaban J connectivity index is 1.88. The van der Waals surface area contributed by atoms with Crippen LogP contribution in [0.5, 0.6) is 0 Å². The van der Waals surface area contributed by atoms with Crippen LogP contribution in [0, 0.1) is 39.9 Å². The van der Waals surface area contributed by atoms with Gasteiger partial charge >= 0.3 is 5.97 Å². The normalized spacial score (nSPS) is 37.9. The molecule has 0 N–H and O–H groups in total. The molecule has 0 aliphatic heterocycles. The van der Waals surface area contributed by atoms with E-state index in [-0.39, 0.29) is 22.4 Å². The summed E-state index contributed by atoms with van der Waals surface area (Å²) in [6.45, 7) is 17.9. The van der Waals surface area contributed by atoms with E-state index >= 15 is 0 Å². The molecule has 4 bridgehead atoms. The van der Waals surface area contributed by atoms with Crippen LogP contribution in [0.25, 0.3) is 0 Å². The molecule has 0 heterocycles. The fraction of sp³-hybridized carbons (Fsp3) is 0.960. The molecule has 1 atom stereocenters. The van der Waals surface area contributed by atoms with E-state index in [0.717, 1.165) is 31.1 Å². The summed E-state index contributed by atoms with van der Waals surface area (Å²) in [5.74, 6) is 3.08. The fourth-order valence-electron chi connectivity index (χ4n) is 6.81. The van der Waals surface area contributed by atoms with Crippen molar-refractivity contribution in [1.82, 2.24) is 0 Å². The van der Waals surface area contributed by atoms with Gasteiger partial charge in [-0.15, -0.1) is 0 Å². The largest absolute Gasteiger partial charge is 0.458 e. The first-order valence-corrected chi connectivity index (χ1v) is 11.6. The van der Waals surface area contributed by atoms with E-state index in [9.17, 15) is 4.79 Å². The lowest BCUT2D eigenvalue weighted by molar-refractivity contribution is -0.225. The van der Waals surface area contributed by atoms with Crippen molar-refractivity contribution in [3.8, 4) is 0 Å². The van der Waals surface area contributed by atoms with Gasteiger partial charge in [-0.3, -0.25) is 4.79 Å². The second kappa shape index (κ2) is 6.77. The number of hydrogen-bond acceptors (Lipinski definition) is 2. The van der Waals surface area contributed by atoms with Gasteiger partial charge in [-0.2, -0.15) is 0 Å². The van der Waals surface area contributed by atoms with Crippen LogP contribution in [-0.2, 0) is 9.53 Å². The van der Waals surface area contributed by atoms with Crippen LogP contribution in [0.3, 0.4) is 0 Å². The molecule has 27 heavy (non-hydrogen) atoms. The van der Waals surface area contributed by atoms with Crippen molar-refractivity contribution in [3.63, 3.8) is 0 Å². The third-order valence-corrected chi connectivity index (χ3v) is 9.25. The molecule has 2 heteroatoms. The molecular weight excluding hydrogens is 332 g/mol. The van der Waals surface area contributed by atoms with E-state index in [1.165, 1.54) is 32.1 Å². The van der Waals surface area contributed by atoms with Gasteiger partial charge in [0, 0.05) is 0 Å². The molecule has 4 aliphatic carbocycles. The van der Waals surface area contributed by atoms with E-state index in [1.54, 1.807) is 0 Å². The quantitative estimate of drug-likeness (QED) is 0.466. The number of rotatable bonds is 6. The third-order valence-electron chi connectivity index (χ3n) is 9.25. The minimum atomic E-state index is -0.455. The lowest BCUT2D eigenvalue weighted by atomic mass is 9.49. The molecule has 0 aromatic rings. The second-order valence-corrected chi connectivity index (χ2v) is 12.3. The van der Waals surface area contributed by atoms with Gasteiger partial charge in [0.15, 0.2) is 0 Å². The van der Waals surface area contributed by atoms with E-state index < -0.39 is 5.41 Å². The lowest BCUT2D eigenvalue weighted by Crippen LogP contribution is -2.61. The van der Waals surface area contributed by atoms with Crippen molar-refractivity contribution >= 4 is 5.97 Å². The van der Waals surface area contributed by atoms with Crippen molar-refractivity contribution in [2.45, 2.75) is 112 Å². The Morgan fingerprint density at radius 3 is 1.74 bits per heavy atom. The lowest BCUT2D eigenvalue weighted by Gasteiger charge is -2.61. The number of carbonyl (C=O) groups excluding carboxylic acids is 1. The molecule has 4 saturated carbocycles. The van der Waals surface area contributed by atoms with E-state index in [1.807, 2.05) is 0 Å². The maximum Gasteiger partial charge on any atom is 0.312 e. The summed E-state index contributed by atoms with van der Waals surface area (Å²) in [4.78, 5) is 13.8. The molecule has 1 unspecified atom stereocenters. The predicted molar refractivity (Wildman–Crippen MR) is 112 cm³/mol. The first kappa shape index (κ1) is 21.2. The standard InChI is InChI=1S/C25H44O2/c1-9-23(6,7)16-24(8,22(3,4)5)21(26)27-25(10-2)19-12-17-11-18(14-19)15-20(25)13-17/h17-20H,9-16H2,1-8H3. The highest BCUT2D eigenvalue weighted by Gasteiger charge is 2.60. The maximum atomic E-state index is 13.8. The molecule has 2 nitrogen and oxygen atoms in total. The molecule has 0 radical (unpaired) electrons. The second-order valence-electron chi connectivity index (χ2n) is 12.3. The first-order valence-electron chi connectivity index (χ1n) is 11.6. The minimum absolute atomic E-state index is 0.0749. The monoisotopic (exact) mass is 376 g/mol. The summed E-state index contributed by atoms with van der Waals surface area (Å²) >= 11 is 0. The molecular formula is C25H44O2. The Bertz CT molecular complexity index is 539. The van der Waals surface area contributed by atoms with Crippen LogP contribution in [0.2, 0.25) is 0 Å². The Kier molecular flexibility index (Phi) is 5.31. The van der Waals surface area contributed by atoms with Gasteiger partial charge in [0.1, 0.15) is 5.60 Å². The predicted octanol–water partition coefficient (Wildman–Crippen LogP) is 7.01. The van der Waals surface area contributed by atoms with Crippen molar-refractivity contribution in [3.05, 3.63) is 0 Å². The van der Waals surface area contributed by atoms with E-state index in [4.69, 9.17) is 4.74 Å². The Hall–Kier alpha value is -0.530. The van der Waals surface area contributed by atoms with Gasteiger partial charge in [0.25, 0.3) is 0 Å². The highest BCUT2D eigenvalue weighted by molar-refractivity contribution is 5.78. The number of carbonyl (C=O) groups is 1. The Labute approximate surface area is 168 Å². The number of hydrogen-bond donors (Lipinski definition) is 0. The van der Waals surface area contributed by atoms with Crippen molar-refractivity contribution < 1.29 is 9.53 Å². The molecule has 4 fully saturated rings. The van der Waals surface area contributed by atoms with Crippen LogP contribution in [0.1, 0.15) is 107 Å². The molecule has 0 amide bonds. The van der Waals surface area contributed by atoms with E-state index in [0.29, 0.717) is 11.8 Å². The summed E-state index contributed by atoms with van der Waals surface area (Å²) < 4.78 is 6.71. The van der Waals surface area contributed by atoms with Crippen molar-refractivity contribution in [1.29, 1.82) is 0 Å². The zero-order valence-electron chi connectivity index (χ0n) is 19.3. The van der Waals surface area contributed by atoms with Crippen molar-refractivity contribution in [2.75, 3.05) is 0 Å². The zero-order chi connectivity index (χ0) is 20.3. The smallest absolute Gasteiger partial charge is 0.312 e. The summed E-state index contributed by atoms with van der Waals surface area (Å²) in [6.07, 6.45) is 9.57. The molecule has 0 spiro atoms. The first-order chi connectivity index (χ1) is 12.4. The van der Waals surface area contributed by atoms with Gasteiger partial charge in [-0.05, 0) is 86.4 Å². The van der Waals surface area contributed by atoms with Gasteiger partial charge in [-0.25, -0.2) is 0 Å². The summed E-state index contributed by atoms with van der Waals surface area (Å²) in [5.41, 5.74) is -0.613. The zero-order valence-corrected chi connectivity index (χ0v) is 19.3. The molecule has 156 valence electrons. The molecule has 0 aromatic heterocycles. The maximum absolute atomic E-state index is 13.8. The Morgan fingerprint density at radius 1 is 0.889 bits per heavy atom. The van der Waals surface area contributed by atoms with Gasteiger partial charge < -0.3 is 4.74 Å². The SMILES string of the molecule is CCC(C)(C)CC(C)(C(=O)OC1(CC)C2CC3CC(C2)CC1C3)C(C)(C)C. The average molecular weight is 377 g/mol. The van der Waals surface area contributed by atoms with E-state index in [2.05, 4.69) is 55.4 Å². The minimum Gasteiger partial charge on any atom is -0.458 e. The van der Waals surface area contributed by atoms with Gasteiger partial charge in [-0.1, -0.05) is 54.9 Å². The van der Waals surface area contributed by atoms with Crippen LogP contribution < -0.4 is 0 Å². The molecule has 4 aliphatic rings. The number of esters is 1. The molecule has 0 aromatic carbocycles. The highest BCUT2D eigenvalue weighted by Crippen LogP contribution is 2.61. The topological polar surface area (TPSA) is 26.3 Å². The number of ether oxygens (including phenoxy) is 1. The highest BCUT2D eigenvalue weighted by atomic mass is 16.6. The molecule has 0 saturated heterocycles. The van der Waals surface area contributed by atoms with Crippen LogP contribution >= 0.6 is 0 Å². The summed E-state index contributed by atoms with van der Waals surface area (Å²) in [6, 6.07) is 0. The van der Waals surface area contributed by atoms with Crippen LogP contribution in [0.15, 0.2) is 0 Å². The van der Waals surface area contributed by atoms with Gasteiger partial charge in [0.2, 0.25) is 0 Å². The third kappa shape index (κ3) is 3.48. The average Bonchev–Trinajstić information content (AvgIpc) is 2.56. The fourth-order valence-corrected chi connectivity index (χ4v) is 6.81. The van der Waals surface area contributed by atoms with Crippen LogP contribution in [-0.4, -0.2) is 11.6 Å². The summed E-state index contributed by atoms with van der Waals surface area (Å²) in [5, 5.41) is 0. The molecule has 4 rings (SSSR count). The van der Waals surface area contributed by atoms with Crippen LogP contribution in [0.4, 0.5) is 0 Å². The summed E-state index contributed by atoms with van der Waals surface area (Å²) in [7, 11) is 0. The van der Waals surface area contributed by atoms with Gasteiger partial charge in [0.05, 0.1) is 5.41 Å². The van der Waals surface area contributed by atoms with Crippen molar-refractivity contribution in [2.24, 2.45) is 39.9 Å².